The molecular formula is C17H19N3O4S. The van der Waals surface area contributed by atoms with Crippen LogP contribution in [0.1, 0.15) is 23.3 Å². The van der Waals surface area contributed by atoms with Gasteiger partial charge >= 0.3 is 0 Å². The summed E-state index contributed by atoms with van der Waals surface area (Å²) in [5, 5.41) is 0. The lowest BCUT2D eigenvalue weighted by Crippen LogP contribution is -2.44. The lowest BCUT2D eigenvalue weighted by Gasteiger charge is -2.32. The molecule has 2 aromatic rings. The molecule has 1 unspecified atom stereocenters. The van der Waals surface area contributed by atoms with E-state index in [2.05, 4.69) is 4.98 Å². The Morgan fingerprint density at radius 2 is 2.00 bits per heavy atom. The molecule has 0 spiro atoms. The van der Waals surface area contributed by atoms with Crippen molar-refractivity contribution < 1.29 is 17.9 Å². The maximum absolute atomic E-state index is 12.7. The Morgan fingerprint density at radius 1 is 1.24 bits per heavy atom. The van der Waals surface area contributed by atoms with Crippen molar-refractivity contribution in [1.82, 2.24) is 9.29 Å². The van der Waals surface area contributed by atoms with E-state index in [9.17, 15) is 13.2 Å². The molecule has 0 radical (unpaired) electrons. The molecule has 1 amide bonds. The number of nitrogens with two attached hydrogens (primary N) is 1. The van der Waals surface area contributed by atoms with E-state index in [1.807, 2.05) is 0 Å². The Balaban J connectivity index is 1.73. The van der Waals surface area contributed by atoms with Gasteiger partial charge < -0.3 is 10.5 Å². The number of primary amides is 1. The summed E-state index contributed by atoms with van der Waals surface area (Å²) in [4.78, 5) is 15.3. The number of piperidine rings is 1. The van der Waals surface area contributed by atoms with E-state index in [-0.39, 0.29) is 23.2 Å². The molecule has 7 nitrogen and oxygen atoms in total. The fraction of sp³-hybridized carbons (Fsp3) is 0.294. The summed E-state index contributed by atoms with van der Waals surface area (Å²) in [6, 6.07) is 11.4. The molecule has 1 saturated heterocycles. The van der Waals surface area contributed by atoms with Crippen molar-refractivity contribution in [3.63, 3.8) is 0 Å². The van der Waals surface area contributed by atoms with Crippen LogP contribution in [0.4, 0.5) is 0 Å². The molecule has 3 rings (SSSR count). The largest absolute Gasteiger partial charge is 0.489 e. The number of hydrogen-bond acceptors (Lipinski definition) is 5. The smallest absolute Gasteiger partial charge is 0.267 e. The highest BCUT2D eigenvalue weighted by atomic mass is 32.2. The first-order chi connectivity index (χ1) is 12.0. The highest BCUT2D eigenvalue weighted by Crippen LogP contribution is 2.23. The van der Waals surface area contributed by atoms with Gasteiger partial charge in [0.05, 0.1) is 11.4 Å². The summed E-state index contributed by atoms with van der Waals surface area (Å²) in [5.74, 6) is -0.185. The number of amides is 1. The summed E-state index contributed by atoms with van der Waals surface area (Å²) in [5.41, 5.74) is 5.33. The minimum atomic E-state index is -3.54. The monoisotopic (exact) mass is 361 g/mol. The molecular weight excluding hydrogens is 342 g/mol. The third-order valence-corrected chi connectivity index (χ3v) is 5.89. The van der Waals surface area contributed by atoms with Crippen LogP contribution in [0.3, 0.4) is 0 Å². The van der Waals surface area contributed by atoms with Crippen molar-refractivity contribution in [3.05, 3.63) is 54.4 Å². The molecule has 0 bridgehead atoms. The standard InChI is InChI=1S/C17H19N3O4S/c18-17(21)16-11-13(8-9-19-16)24-14-5-4-10-20(12-14)25(22,23)15-6-2-1-3-7-15/h1-3,6-9,11,14H,4-5,10,12H2,(H2,18,21). The molecule has 0 aliphatic carbocycles. The van der Waals surface area contributed by atoms with Crippen molar-refractivity contribution in [1.29, 1.82) is 0 Å². The van der Waals surface area contributed by atoms with E-state index < -0.39 is 15.9 Å². The van der Waals surface area contributed by atoms with Gasteiger partial charge in [-0.05, 0) is 31.0 Å². The van der Waals surface area contributed by atoms with Crippen LogP contribution in [0.5, 0.6) is 5.75 Å². The number of rotatable bonds is 5. The van der Waals surface area contributed by atoms with Gasteiger partial charge in [0.1, 0.15) is 17.5 Å². The van der Waals surface area contributed by atoms with E-state index in [0.717, 1.165) is 6.42 Å². The molecule has 25 heavy (non-hydrogen) atoms. The van der Waals surface area contributed by atoms with E-state index in [0.29, 0.717) is 18.7 Å². The second-order valence-corrected chi connectivity index (χ2v) is 7.74. The number of aromatic nitrogens is 1. The third kappa shape index (κ3) is 3.97. The molecule has 1 fully saturated rings. The predicted octanol–water partition coefficient (Wildman–Crippen LogP) is 1.41. The number of benzene rings is 1. The van der Waals surface area contributed by atoms with Gasteiger partial charge in [0.15, 0.2) is 0 Å². The van der Waals surface area contributed by atoms with Crippen molar-refractivity contribution in [3.8, 4) is 5.75 Å². The van der Waals surface area contributed by atoms with E-state index in [4.69, 9.17) is 10.5 Å². The van der Waals surface area contributed by atoms with E-state index in [1.54, 1.807) is 36.4 Å². The van der Waals surface area contributed by atoms with Crippen molar-refractivity contribution in [2.45, 2.75) is 23.8 Å². The zero-order valence-corrected chi connectivity index (χ0v) is 14.4. The van der Waals surface area contributed by atoms with Crippen LogP contribution in [0.15, 0.2) is 53.6 Å². The second kappa shape index (κ2) is 7.20. The number of sulfonamides is 1. The minimum Gasteiger partial charge on any atom is -0.489 e. The Kier molecular flexibility index (Phi) is 5.00. The summed E-state index contributed by atoms with van der Waals surface area (Å²) in [6.07, 6.45) is 2.58. The number of carbonyl (C=O) groups excluding carboxylic acids is 1. The maximum Gasteiger partial charge on any atom is 0.267 e. The first-order valence-corrected chi connectivity index (χ1v) is 9.38. The lowest BCUT2D eigenvalue weighted by atomic mass is 10.1. The average Bonchev–Trinajstić information content (AvgIpc) is 2.63. The summed E-state index contributed by atoms with van der Waals surface area (Å²) in [7, 11) is -3.54. The van der Waals surface area contributed by atoms with Gasteiger partial charge in [-0.15, -0.1) is 0 Å². The van der Waals surface area contributed by atoms with Crippen LogP contribution in [0, 0.1) is 0 Å². The first-order valence-electron chi connectivity index (χ1n) is 7.94. The summed E-state index contributed by atoms with van der Waals surface area (Å²) < 4.78 is 32.7. The summed E-state index contributed by atoms with van der Waals surface area (Å²) >= 11 is 0. The van der Waals surface area contributed by atoms with Crippen LogP contribution < -0.4 is 10.5 Å². The van der Waals surface area contributed by atoms with Crippen molar-refractivity contribution in [2.24, 2.45) is 5.73 Å². The van der Waals surface area contributed by atoms with Crippen molar-refractivity contribution >= 4 is 15.9 Å². The minimum absolute atomic E-state index is 0.113. The molecule has 1 aliphatic rings. The third-order valence-electron chi connectivity index (χ3n) is 4.01. The van der Waals surface area contributed by atoms with Gasteiger partial charge in [-0.25, -0.2) is 8.42 Å². The fourth-order valence-corrected chi connectivity index (χ4v) is 4.30. The molecule has 1 atom stereocenters. The molecule has 132 valence electrons. The molecule has 0 saturated carbocycles. The van der Waals surface area contributed by atoms with Crippen LogP contribution in [-0.2, 0) is 10.0 Å². The predicted molar refractivity (Wildman–Crippen MR) is 91.6 cm³/mol. The Morgan fingerprint density at radius 3 is 2.72 bits per heavy atom. The van der Waals surface area contributed by atoms with Crippen LogP contribution in [0.25, 0.3) is 0 Å². The highest BCUT2D eigenvalue weighted by molar-refractivity contribution is 7.89. The molecule has 1 aromatic carbocycles. The second-order valence-electron chi connectivity index (χ2n) is 5.80. The SMILES string of the molecule is NC(=O)c1cc(OC2CCCN(S(=O)(=O)c3ccccc3)C2)ccn1. The number of ether oxygens (including phenoxy) is 1. The Bertz CT molecular complexity index is 855. The summed E-state index contributed by atoms with van der Waals surface area (Å²) in [6.45, 7) is 0.714. The average molecular weight is 361 g/mol. The Hall–Kier alpha value is -2.45. The van der Waals surface area contributed by atoms with Crippen LogP contribution in [-0.4, -0.2) is 42.8 Å². The zero-order valence-electron chi connectivity index (χ0n) is 13.5. The Labute approximate surface area is 146 Å². The normalized spacial score (nSPS) is 18.6. The van der Waals surface area contributed by atoms with Crippen LogP contribution in [0.2, 0.25) is 0 Å². The van der Waals surface area contributed by atoms with E-state index in [1.165, 1.54) is 16.6 Å². The van der Waals surface area contributed by atoms with Gasteiger partial charge in [0.25, 0.3) is 5.91 Å². The van der Waals surface area contributed by atoms with Crippen LogP contribution >= 0.6 is 0 Å². The fourth-order valence-electron chi connectivity index (χ4n) is 2.77. The van der Waals surface area contributed by atoms with Gasteiger partial charge in [-0.2, -0.15) is 4.31 Å². The molecule has 2 N–H and O–H groups in total. The molecule has 2 heterocycles. The quantitative estimate of drug-likeness (QED) is 0.867. The van der Waals surface area contributed by atoms with Gasteiger partial charge in [0.2, 0.25) is 10.0 Å². The first kappa shape index (κ1) is 17.4. The molecule has 1 aliphatic heterocycles. The molecule has 8 heteroatoms. The number of carbonyl (C=O) groups is 1. The maximum atomic E-state index is 12.7. The van der Waals surface area contributed by atoms with Crippen molar-refractivity contribution in [2.75, 3.05) is 13.1 Å². The number of nitrogens with zero attached hydrogens (tertiary/aromatic N) is 2. The number of hydrogen-bond donors (Lipinski definition) is 1. The molecule has 1 aromatic heterocycles. The topological polar surface area (TPSA) is 103 Å². The zero-order chi connectivity index (χ0) is 17.9. The van der Waals surface area contributed by atoms with Gasteiger partial charge in [-0.1, -0.05) is 18.2 Å². The lowest BCUT2D eigenvalue weighted by molar-refractivity contribution is 0.0993. The van der Waals surface area contributed by atoms with E-state index >= 15 is 0 Å². The van der Waals surface area contributed by atoms with Gasteiger partial charge in [-0.3, -0.25) is 9.78 Å². The van der Waals surface area contributed by atoms with Gasteiger partial charge in [0, 0.05) is 18.8 Å². The number of pyridine rings is 1. The highest BCUT2D eigenvalue weighted by Gasteiger charge is 2.31.